The molecule has 1 saturated carbocycles. The van der Waals surface area contributed by atoms with Crippen LogP contribution in [0.5, 0.6) is 0 Å². The fraction of sp³-hybridized carbons (Fsp3) is 0.900. The third-order valence-corrected chi connectivity index (χ3v) is 2.53. The number of hydrogen-bond acceptors (Lipinski definition) is 1. The summed E-state index contributed by atoms with van der Waals surface area (Å²) >= 11 is 0. The molecule has 1 nitrogen and oxygen atoms in total. The van der Waals surface area contributed by atoms with Crippen LogP contribution >= 0.6 is 0 Å². The van der Waals surface area contributed by atoms with E-state index in [0.717, 1.165) is 25.2 Å². The lowest BCUT2D eigenvalue weighted by atomic mass is 9.95. The average molecular weight is 154 g/mol. The first-order valence-electron chi connectivity index (χ1n) is 4.84. The van der Waals surface area contributed by atoms with E-state index < -0.39 is 0 Å². The molecule has 0 saturated heterocycles. The molecule has 1 fully saturated rings. The Morgan fingerprint density at radius 1 is 1.45 bits per heavy atom. The molecule has 0 amide bonds. The van der Waals surface area contributed by atoms with Gasteiger partial charge in [0.1, 0.15) is 5.78 Å². The average Bonchev–Trinajstić information content (AvgIpc) is 2.15. The molecule has 1 heteroatoms. The minimum atomic E-state index is 0.501. The number of carbonyl (C=O) groups excluding carboxylic acids is 1. The molecule has 1 aliphatic rings. The largest absolute Gasteiger partial charge is 0.300 e. The fourth-order valence-electron chi connectivity index (χ4n) is 1.94. The van der Waals surface area contributed by atoms with E-state index in [-0.39, 0.29) is 0 Å². The van der Waals surface area contributed by atoms with Crippen molar-refractivity contribution in [3.05, 3.63) is 0 Å². The van der Waals surface area contributed by atoms with Gasteiger partial charge >= 0.3 is 0 Å². The normalized spacial score (nSPS) is 26.6. The standard InChI is InChI=1S/C10H18O/c1-2-5-9-6-3-4-7-10(11)8-9/h9H,2-8H2,1H3/t9-/m1/s1. The lowest BCUT2D eigenvalue weighted by molar-refractivity contribution is -0.119. The molecule has 0 N–H and O–H groups in total. The first-order chi connectivity index (χ1) is 5.33. The molecule has 0 spiro atoms. The third-order valence-electron chi connectivity index (χ3n) is 2.53. The van der Waals surface area contributed by atoms with E-state index in [2.05, 4.69) is 6.92 Å². The molecule has 11 heavy (non-hydrogen) atoms. The summed E-state index contributed by atoms with van der Waals surface area (Å²) < 4.78 is 0. The number of Topliss-reactive ketones (excluding diaryl/α,β-unsaturated/α-hetero) is 1. The first-order valence-corrected chi connectivity index (χ1v) is 4.84. The van der Waals surface area contributed by atoms with Gasteiger partial charge in [-0.25, -0.2) is 0 Å². The van der Waals surface area contributed by atoms with Crippen molar-refractivity contribution in [2.24, 2.45) is 5.92 Å². The predicted octanol–water partition coefficient (Wildman–Crippen LogP) is 2.94. The lowest BCUT2D eigenvalue weighted by Crippen LogP contribution is -2.04. The van der Waals surface area contributed by atoms with Crippen molar-refractivity contribution in [1.29, 1.82) is 0 Å². The summed E-state index contributed by atoms with van der Waals surface area (Å²) in [5.41, 5.74) is 0. The van der Waals surface area contributed by atoms with E-state index in [1.165, 1.54) is 25.7 Å². The number of rotatable bonds is 2. The fourth-order valence-corrected chi connectivity index (χ4v) is 1.94. The highest BCUT2D eigenvalue weighted by Gasteiger charge is 2.16. The van der Waals surface area contributed by atoms with Crippen molar-refractivity contribution in [2.75, 3.05) is 0 Å². The van der Waals surface area contributed by atoms with E-state index in [9.17, 15) is 4.79 Å². The zero-order chi connectivity index (χ0) is 8.10. The van der Waals surface area contributed by atoms with E-state index in [1.807, 2.05) is 0 Å². The Kier molecular flexibility index (Phi) is 3.61. The summed E-state index contributed by atoms with van der Waals surface area (Å²) in [6.07, 6.45) is 7.91. The van der Waals surface area contributed by atoms with Crippen LogP contribution in [0.25, 0.3) is 0 Å². The Labute approximate surface area is 69.2 Å². The van der Waals surface area contributed by atoms with Gasteiger partial charge in [0.25, 0.3) is 0 Å². The maximum Gasteiger partial charge on any atom is 0.133 e. The van der Waals surface area contributed by atoms with Crippen molar-refractivity contribution >= 4 is 5.78 Å². The van der Waals surface area contributed by atoms with Crippen LogP contribution in [0, 0.1) is 5.92 Å². The van der Waals surface area contributed by atoms with Gasteiger partial charge in [-0.05, 0) is 12.3 Å². The monoisotopic (exact) mass is 154 g/mol. The summed E-state index contributed by atoms with van der Waals surface area (Å²) in [4.78, 5) is 11.2. The molecule has 0 radical (unpaired) electrons. The van der Waals surface area contributed by atoms with Gasteiger partial charge in [0.15, 0.2) is 0 Å². The van der Waals surface area contributed by atoms with Gasteiger partial charge < -0.3 is 0 Å². The van der Waals surface area contributed by atoms with Crippen LogP contribution in [0.1, 0.15) is 51.9 Å². The van der Waals surface area contributed by atoms with Gasteiger partial charge in [0.05, 0.1) is 0 Å². The summed E-state index contributed by atoms with van der Waals surface area (Å²) in [7, 11) is 0. The summed E-state index contributed by atoms with van der Waals surface area (Å²) in [5, 5.41) is 0. The minimum Gasteiger partial charge on any atom is -0.300 e. The number of carbonyl (C=O) groups is 1. The van der Waals surface area contributed by atoms with E-state index >= 15 is 0 Å². The number of ketones is 1. The van der Waals surface area contributed by atoms with Crippen molar-refractivity contribution in [3.63, 3.8) is 0 Å². The zero-order valence-electron chi connectivity index (χ0n) is 7.44. The molecule has 0 aromatic heterocycles. The Morgan fingerprint density at radius 2 is 2.27 bits per heavy atom. The maximum absolute atomic E-state index is 11.2. The highest BCUT2D eigenvalue weighted by Crippen LogP contribution is 2.24. The quantitative estimate of drug-likeness (QED) is 0.559. The van der Waals surface area contributed by atoms with Gasteiger partial charge in [-0.1, -0.05) is 32.6 Å². The summed E-state index contributed by atoms with van der Waals surface area (Å²) in [5.74, 6) is 1.22. The zero-order valence-corrected chi connectivity index (χ0v) is 7.44. The maximum atomic E-state index is 11.2. The Hall–Kier alpha value is -0.330. The minimum absolute atomic E-state index is 0.501. The van der Waals surface area contributed by atoms with Crippen LogP contribution in [-0.2, 0) is 4.79 Å². The van der Waals surface area contributed by atoms with Crippen LogP contribution in [0.4, 0.5) is 0 Å². The molecule has 1 atom stereocenters. The van der Waals surface area contributed by atoms with Crippen molar-refractivity contribution in [2.45, 2.75) is 51.9 Å². The van der Waals surface area contributed by atoms with E-state index in [4.69, 9.17) is 0 Å². The molecule has 0 aromatic rings. The molecular formula is C10H18O. The van der Waals surface area contributed by atoms with Crippen LogP contribution in [0.2, 0.25) is 0 Å². The Morgan fingerprint density at radius 3 is 3.00 bits per heavy atom. The highest BCUT2D eigenvalue weighted by atomic mass is 16.1. The molecule has 1 rings (SSSR count). The van der Waals surface area contributed by atoms with Crippen LogP contribution in [0.15, 0.2) is 0 Å². The smallest absolute Gasteiger partial charge is 0.133 e. The van der Waals surface area contributed by atoms with Gasteiger partial charge in [0.2, 0.25) is 0 Å². The van der Waals surface area contributed by atoms with Crippen LogP contribution < -0.4 is 0 Å². The lowest BCUT2D eigenvalue weighted by Gasteiger charge is -2.10. The molecule has 0 unspecified atom stereocenters. The second-order valence-electron chi connectivity index (χ2n) is 3.64. The second-order valence-corrected chi connectivity index (χ2v) is 3.64. The van der Waals surface area contributed by atoms with Crippen molar-refractivity contribution < 1.29 is 4.79 Å². The SMILES string of the molecule is CCC[C@@H]1CCCCC(=O)C1. The Bertz CT molecular complexity index is 129. The molecule has 0 heterocycles. The topological polar surface area (TPSA) is 17.1 Å². The van der Waals surface area contributed by atoms with Gasteiger partial charge in [-0.2, -0.15) is 0 Å². The van der Waals surface area contributed by atoms with Crippen LogP contribution in [-0.4, -0.2) is 5.78 Å². The predicted molar refractivity (Wildman–Crippen MR) is 46.5 cm³/mol. The second kappa shape index (κ2) is 4.53. The highest BCUT2D eigenvalue weighted by molar-refractivity contribution is 5.78. The van der Waals surface area contributed by atoms with Crippen molar-refractivity contribution in [3.8, 4) is 0 Å². The Balaban J connectivity index is 2.33. The first kappa shape index (κ1) is 8.76. The molecular weight excluding hydrogens is 136 g/mol. The van der Waals surface area contributed by atoms with Gasteiger partial charge in [-0.3, -0.25) is 4.79 Å². The van der Waals surface area contributed by atoms with Gasteiger partial charge in [-0.15, -0.1) is 0 Å². The van der Waals surface area contributed by atoms with E-state index in [1.54, 1.807) is 0 Å². The van der Waals surface area contributed by atoms with Crippen molar-refractivity contribution in [1.82, 2.24) is 0 Å². The molecule has 64 valence electrons. The summed E-state index contributed by atoms with van der Waals surface area (Å²) in [6.45, 7) is 2.20. The number of hydrogen-bond donors (Lipinski definition) is 0. The molecule has 1 aliphatic carbocycles. The molecule has 0 aliphatic heterocycles. The van der Waals surface area contributed by atoms with Gasteiger partial charge in [0, 0.05) is 12.8 Å². The van der Waals surface area contributed by atoms with Crippen LogP contribution in [0.3, 0.4) is 0 Å². The molecule has 0 aromatic carbocycles. The molecule has 0 bridgehead atoms. The summed E-state index contributed by atoms with van der Waals surface area (Å²) in [6, 6.07) is 0. The third kappa shape index (κ3) is 3.04. The van der Waals surface area contributed by atoms with E-state index in [0.29, 0.717) is 5.78 Å².